The van der Waals surface area contributed by atoms with Gasteiger partial charge in [-0.3, -0.25) is 9.59 Å². The fourth-order valence-corrected chi connectivity index (χ4v) is 2.08. The van der Waals surface area contributed by atoms with Gasteiger partial charge in [0.25, 0.3) is 5.91 Å². The van der Waals surface area contributed by atoms with E-state index >= 15 is 0 Å². The van der Waals surface area contributed by atoms with Crippen LogP contribution in [0.2, 0.25) is 0 Å². The van der Waals surface area contributed by atoms with Crippen molar-refractivity contribution in [3.8, 4) is 0 Å². The van der Waals surface area contributed by atoms with Crippen LogP contribution in [0.1, 0.15) is 17.5 Å². The smallest absolute Gasteiger partial charge is 0.259 e. The molecule has 0 atom stereocenters. The second-order valence-corrected chi connectivity index (χ2v) is 5.35. The lowest BCUT2D eigenvalue weighted by molar-refractivity contribution is -0.126. The van der Waals surface area contributed by atoms with E-state index < -0.39 is 0 Å². The number of allylic oxidation sites excluding steroid dienone is 1. The first-order valence-corrected chi connectivity index (χ1v) is 8.08. The van der Waals surface area contributed by atoms with Crippen molar-refractivity contribution in [2.45, 2.75) is 12.8 Å². The molecule has 0 spiro atoms. The molecule has 2 aromatic rings. The van der Waals surface area contributed by atoms with E-state index in [4.69, 9.17) is 0 Å². The number of carbonyl (C=O) groups excluding carboxylic acids is 2. The van der Waals surface area contributed by atoms with Crippen LogP contribution in [-0.2, 0) is 16.0 Å². The predicted octanol–water partition coefficient (Wildman–Crippen LogP) is 2.55. The Morgan fingerprint density at radius 3 is 2.32 bits per heavy atom. The maximum Gasteiger partial charge on any atom is 0.259 e. The predicted molar refractivity (Wildman–Crippen MR) is 99.9 cm³/mol. The summed E-state index contributed by atoms with van der Waals surface area (Å²) in [6.07, 6.45) is 6.09. The molecule has 0 fully saturated rings. The summed E-state index contributed by atoms with van der Waals surface area (Å²) in [5, 5.41) is 6.37. The molecule has 0 radical (unpaired) electrons. The minimum Gasteiger partial charge on any atom is -0.347 e. The van der Waals surface area contributed by atoms with Crippen LogP contribution < -0.4 is 10.7 Å². The average molecular weight is 335 g/mol. The number of hydrazone groups is 1. The Morgan fingerprint density at radius 1 is 0.920 bits per heavy atom. The van der Waals surface area contributed by atoms with Gasteiger partial charge in [0.1, 0.15) is 0 Å². The average Bonchev–Trinajstić information content (AvgIpc) is 2.66. The van der Waals surface area contributed by atoms with Crippen LogP contribution in [0, 0.1) is 0 Å². The van der Waals surface area contributed by atoms with E-state index in [-0.39, 0.29) is 18.4 Å². The van der Waals surface area contributed by atoms with Crippen molar-refractivity contribution in [2.24, 2.45) is 5.10 Å². The number of carbonyl (C=O) groups is 2. The molecule has 0 saturated heterocycles. The molecule has 0 aliphatic heterocycles. The summed E-state index contributed by atoms with van der Waals surface area (Å²) in [5.41, 5.74) is 4.50. The molecule has 2 aromatic carbocycles. The molecule has 0 heterocycles. The summed E-state index contributed by atoms with van der Waals surface area (Å²) in [6.45, 7) is -0.0899. The quantitative estimate of drug-likeness (QED) is 0.575. The minimum absolute atomic E-state index is 0.0899. The van der Waals surface area contributed by atoms with E-state index in [1.807, 2.05) is 66.7 Å². The molecule has 0 bridgehead atoms. The van der Waals surface area contributed by atoms with Crippen molar-refractivity contribution in [1.29, 1.82) is 0 Å². The third kappa shape index (κ3) is 7.74. The Morgan fingerprint density at radius 2 is 1.60 bits per heavy atom. The maximum absolute atomic E-state index is 11.7. The Labute approximate surface area is 147 Å². The van der Waals surface area contributed by atoms with Crippen molar-refractivity contribution in [3.63, 3.8) is 0 Å². The third-order valence-electron chi connectivity index (χ3n) is 3.37. The molecule has 128 valence electrons. The van der Waals surface area contributed by atoms with Crippen LogP contribution in [0.25, 0.3) is 6.08 Å². The van der Waals surface area contributed by atoms with E-state index in [1.165, 1.54) is 6.21 Å². The van der Waals surface area contributed by atoms with Gasteiger partial charge in [-0.05, 0) is 23.6 Å². The first-order chi connectivity index (χ1) is 12.2. The van der Waals surface area contributed by atoms with E-state index in [2.05, 4.69) is 15.8 Å². The summed E-state index contributed by atoms with van der Waals surface area (Å²) in [6, 6.07) is 19.5. The molecule has 25 heavy (non-hydrogen) atoms. The summed E-state index contributed by atoms with van der Waals surface area (Å²) < 4.78 is 0. The number of benzene rings is 2. The molecule has 0 unspecified atom stereocenters. The molecule has 2 amide bonds. The number of nitrogens with zero attached hydrogens (tertiary/aromatic N) is 1. The van der Waals surface area contributed by atoms with Gasteiger partial charge in [0.15, 0.2) is 0 Å². The van der Waals surface area contributed by atoms with Gasteiger partial charge < -0.3 is 5.32 Å². The number of hydrogen-bond donors (Lipinski definition) is 2. The number of rotatable bonds is 8. The number of amides is 2. The van der Waals surface area contributed by atoms with Gasteiger partial charge in [-0.1, -0.05) is 66.7 Å². The molecule has 0 aliphatic rings. The molecular weight excluding hydrogens is 314 g/mol. The van der Waals surface area contributed by atoms with Crippen molar-refractivity contribution in [1.82, 2.24) is 10.7 Å². The lowest BCUT2D eigenvalue weighted by atomic mass is 10.1. The van der Waals surface area contributed by atoms with Crippen LogP contribution in [0.5, 0.6) is 0 Å². The topological polar surface area (TPSA) is 70.6 Å². The molecule has 2 rings (SSSR count). The summed E-state index contributed by atoms with van der Waals surface area (Å²) in [5.74, 6) is -0.524. The van der Waals surface area contributed by atoms with Crippen molar-refractivity contribution < 1.29 is 9.59 Å². The second kappa shape index (κ2) is 10.5. The van der Waals surface area contributed by atoms with Crippen LogP contribution in [0.3, 0.4) is 0 Å². The number of hydrogen-bond acceptors (Lipinski definition) is 3. The molecular formula is C20H21N3O2. The molecule has 5 nitrogen and oxygen atoms in total. The van der Waals surface area contributed by atoms with Crippen LogP contribution >= 0.6 is 0 Å². The summed E-state index contributed by atoms with van der Waals surface area (Å²) >= 11 is 0. The Hall–Kier alpha value is -3.21. The second-order valence-electron chi connectivity index (χ2n) is 5.35. The van der Waals surface area contributed by atoms with E-state index in [9.17, 15) is 9.59 Å². The minimum atomic E-state index is -0.363. The standard InChI is InChI=1S/C20H21N3O2/c24-19(14-13-18-10-5-2-6-11-18)21-16-20(25)23-22-15-7-12-17-8-3-1-4-9-17/h1-12,15H,13-14,16H2,(H,21,24)(H,23,25)/b12-7+,22-15-. The van der Waals surface area contributed by atoms with Crippen molar-refractivity contribution in [3.05, 3.63) is 77.9 Å². The van der Waals surface area contributed by atoms with Crippen LogP contribution in [0.15, 0.2) is 71.8 Å². The lowest BCUT2D eigenvalue weighted by Crippen LogP contribution is -2.34. The highest BCUT2D eigenvalue weighted by atomic mass is 16.2. The Balaban J connectivity index is 1.61. The summed E-state index contributed by atoms with van der Waals surface area (Å²) in [7, 11) is 0. The van der Waals surface area contributed by atoms with Crippen LogP contribution in [0.4, 0.5) is 0 Å². The fourth-order valence-electron chi connectivity index (χ4n) is 2.08. The zero-order valence-corrected chi connectivity index (χ0v) is 13.9. The highest BCUT2D eigenvalue weighted by Crippen LogP contribution is 2.02. The summed E-state index contributed by atoms with van der Waals surface area (Å²) in [4.78, 5) is 23.3. The molecule has 2 N–H and O–H groups in total. The van der Waals surface area contributed by atoms with E-state index in [0.29, 0.717) is 12.8 Å². The maximum atomic E-state index is 11.7. The Kier molecular flexibility index (Phi) is 7.65. The zero-order chi connectivity index (χ0) is 17.7. The molecule has 5 heteroatoms. The normalized spacial score (nSPS) is 10.9. The largest absolute Gasteiger partial charge is 0.347 e. The van der Waals surface area contributed by atoms with Crippen LogP contribution in [-0.4, -0.2) is 24.6 Å². The van der Waals surface area contributed by atoms with Gasteiger partial charge in [-0.15, -0.1) is 0 Å². The number of aryl methyl sites for hydroxylation is 1. The van der Waals surface area contributed by atoms with Gasteiger partial charge in [-0.2, -0.15) is 5.10 Å². The van der Waals surface area contributed by atoms with Crippen molar-refractivity contribution in [2.75, 3.05) is 6.54 Å². The van der Waals surface area contributed by atoms with Crippen molar-refractivity contribution >= 4 is 24.1 Å². The monoisotopic (exact) mass is 335 g/mol. The Bertz CT molecular complexity index is 725. The number of nitrogens with one attached hydrogen (secondary N) is 2. The van der Waals surface area contributed by atoms with Gasteiger partial charge in [0.2, 0.25) is 5.91 Å². The molecule has 0 saturated carbocycles. The highest BCUT2D eigenvalue weighted by molar-refractivity contribution is 5.85. The van der Waals surface area contributed by atoms with Gasteiger partial charge >= 0.3 is 0 Å². The zero-order valence-electron chi connectivity index (χ0n) is 13.9. The third-order valence-corrected chi connectivity index (χ3v) is 3.37. The molecule has 0 aliphatic carbocycles. The first-order valence-electron chi connectivity index (χ1n) is 8.08. The SMILES string of the molecule is O=C(CCc1ccccc1)NCC(=O)N/N=C\C=C\c1ccccc1. The molecule has 0 aromatic heterocycles. The van der Waals surface area contributed by atoms with E-state index in [1.54, 1.807) is 6.08 Å². The highest BCUT2D eigenvalue weighted by Gasteiger charge is 2.04. The first kappa shape index (κ1) is 18.1. The van der Waals surface area contributed by atoms with Gasteiger partial charge in [0.05, 0.1) is 6.54 Å². The van der Waals surface area contributed by atoms with Gasteiger partial charge in [-0.25, -0.2) is 5.43 Å². The van der Waals surface area contributed by atoms with E-state index in [0.717, 1.165) is 11.1 Å². The lowest BCUT2D eigenvalue weighted by Gasteiger charge is -2.04. The fraction of sp³-hybridized carbons (Fsp3) is 0.150. The van der Waals surface area contributed by atoms with Gasteiger partial charge in [0, 0.05) is 12.6 Å².